The lowest BCUT2D eigenvalue weighted by molar-refractivity contribution is -0.142. The molecule has 3 amide bonds. The molecule has 0 fully saturated rings. The standard InChI is InChI=1S/C30H35N7O6/c1-17(38)26(31)29(41)36-24(13-20-15-32-16-34-20)28(40)35-23(12-19-14-33-22-10-6-5-9-21(19)22)27(39)37-25(30(42)43)11-18-7-3-2-4-8-18/h2-10,14-17,23-26,33,38H,11-13,31H2,1H3,(H,32,34)(H,35,40)(H,36,41)(H,37,39)(H,42,43). The van der Waals surface area contributed by atoms with Gasteiger partial charge in [-0.2, -0.15) is 0 Å². The van der Waals surface area contributed by atoms with Crippen molar-refractivity contribution in [3.63, 3.8) is 0 Å². The molecule has 0 saturated carbocycles. The van der Waals surface area contributed by atoms with Gasteiger partial charge in [0, 0.05) is 48.3 Å². The van der Waals surface area contributed by atoms with E-state index in [1.165, 1.54) is 19.4 Å². The lowest BCUT2D eigenvalue weighted by Gasteiger charge is -2.25. The molecule has 4 aromatic rings. The van der Waals surface area contributed by atoms with Crippen LogP contribution in [0.25, 0.3) is 10.9 Å². The van der Waals surface area contributed by atoms with Crippen LogP contribution in [0.1, 0.15) is 23.7 Å². The van der Waals surface area contributed by atoms with E-state index in [1.807, 2.05) is 24.3 Å². The topological polar surface area (TPSA) is 215 Å². The van der Waals surface area contributed by atoms with Crippen LogP contribution in [0.15, 0.2) is 73.3 Å². The van der Waals surface area contributed by atoms with Crippen molar-refractivity contribution in [3.05, 3.63) is 90.1 Å². The van der Waals surface area contributed by atoms with Crippen LogP contribution in [-0.4, -0.2) is 79.1 Å². The summed E-state index contributed by atoms with van der Waals surface area (Å²) in [5.41, 5.74) is 8.57. The first-order valence-electron chi connectivity index (χ1n) is 13.8. The van der Waals surface area contributed by atoms with Gasteiger partial charge in [0.2, 0.25) is 17.7 Å². The number of benzene rings is 2. The molecule has 4 rings (SSSR count). The fourth-order valence-electron chi connectivity index (χ4n) is 4.64. The molecule has 0 radical (unpaired) electrons. The third-order valence-corrected chi connectivity index (χ3v) is 7.06. The molecule has 0 aliphatic rings. The Bertz CT molecular complexity index is 1540. The number of para-hydroxylation sites is 1. The number of nitrogens with zero attached hydrogens (tertiary/aromatic N) is 1. The molecule has 13 heteroatoms. The number of aromatic nitrogens is 3. The number of carbonyl (C=O) groups excluding carboxylic acids is 3. The van der Waals surface area contributed by atoms with Crippen molar-refractivity contribution in [2.45, 2.75) is 56.5 Å². The highest BCUT2D eigenvalue weighted by atomic mass is 16.4. The van der Waals surface area contributed by atoms with E-state index in [9.17, 15) is 29.4 Å². The zero-order chi connectivity index (χ0) is 30.9. The Balaban J connectivity index is 1.60. The zero-order valence-electron chi connectivity index (χ0n) is 23.5. The number of carboxylic acid groups (broad SMARTS) is 1. The molecule has 13 nitrogen and oxygen atoms in total. The normalized spacial score (nSPS) is 14.7. The fraction of sp³-hybridized carbons (Fsp3) is 0.300. The van der Waals surface area contributed by atoms with E-state index in [-0.39, 0.29) is 19.3 Å². The molecule has 0 bridgehead atoms. The van der Waals surface area contributed by atoms with E-state index in [4.69, 9.17) is 5.73 Å². The van der Waals surface area contributed by atoms with Gasteiger partial charge in [-0.05, 0) is 24.1 Å². The fourth-order valence-corrected chi connectivity index (χ4v) is 4.64. The Kier molecular flexibility index (Phi) is 10.3. The van der Waals surface area contributed by atoms with Gasteiger partial charge in [0.1, 0.15) is 24.2 Å². The number of aliphatic carboxylic acids is 1. The molecule has 2 aromatic heterocycles. The summed E-state index contributed by atoms with van der Waals surface area (Å²) in [6, 6.07) is 11.3. The van der Waals surface area contributed by atoms with Crippen LogP contribution in [0, 0.1) is 0 Å². The molecule has 226 valence electrons. The second-order valence-corrected chi connectivity index (χ2v) is 10.3. The maximum absolute atomic E-state index is 13.6. The van der Waals surface area contributed by atoms with Crippen LogP contribution in [0.4, 0.5) is 0 Å². The molecule has 0 aliphatic heterocycles. The number of carbonyl (C=O) groups is 4. The molecule has 0 saturated heterocycles. The van der Waals surface area contributed by atoms with Crippen LogP contribution in [0.2, 0.25) is 0 Å². The minimum atomic E-state index is -1.29. The van der Waals surface area contributed by atoms with Crippen molar-refractivity contribution in [2.75, 3.05) is 0 Å². The van der Waals surface area contributed by atoms with Crippen LogP contribution in [0.5, 0.6) is 0 Å². The SMILES string of the molecule is CC(O)C(N)C(=O)NC(Cc1cnc[nH]1)C(=O)NC(Cc1c[nH]c2ccccc12)C(=O)NC(Cc1ccccc1)C(=O)O. The van der Waals surface area contributed by atoms with Crippen LogP contribution in [0.3, 0.4) is 0 Å². The summed E-state index contributed by atoms with van der Waals surface area (Å²) in [6.45, 7) is 1.35. The lowest BCUT2D eigenvalue weighted by atomic mass is 10.0. The van der Waals surface area contributed by atoms with Gasteiger partial charge in [0.25, 0.3) is 0 Å². The molecule has 5 atom stereocenters. The van der Waals surface area contributed by atoms with Gasteiger partial charge in [0.05, 0.1) is 12.4 Å². The van der Waals surface area contributed by atoms with E-state index in [0.717, 1.165) is 16.5 Å². The highest BCUT2D eigenvalue weighted by Crippen LogP contribution is 2.19. The first kappa shape index (κ1) is 30.9. The second-order valence-electron chi connectivity index (χ2n) is 10.3. The summed E-state index contributed by atoms with van der Waals surface area (Å²) in [5.74, 6) is -3.42. The number of H-pyrrole nitrogens is 2. The first-order valence-corrected chi connectivity index (χ1v) is 13.8. The summed E-state index contributed by atoms with van der Waals surface area (Å²) in [7, 11) is 0. The molecule has 5 unspecified atom stereocenters. The minimum Gasteiger partial charge on any atom is -0.480 e. The van der Waals surface area contributed by atoms with Gasteiger partial charge in [-0.3, -0.25) is 14.4 Å². The van der Waals surface area contributed by atoms with Gasteiger partial charge < -0.3 is 41.9 Å². The average Bonchev–Trinajstić information content (AvgIpc) is 3.66. The molecular formula is C30H35N7O6. The van der Waals surface area contributed by atoms with Crippen molar-refractivity contribution in [3.8, 4) is 0 Å². The Morgan fingerprint density at radius 2 is 1.47 bits per heavy atom. The van der Waals surface area contributed by atoms with Crippen LogP contribution < -0.4 is 21.7 Å². The van der Waals surface area contributed by atoms with Gasteiger partial charge in [-0.15, -0.1) is 0 Å². The van der Waals surface area contributed by atoms with Crippen molar-refractivity contribution < 1.29 is 29.4 Å². The number of fused-ring (bicyclic) bond motifs is 1. The third-order valence-electron chi connectivity index (χ3n) is 7.06. The Labute approximate surface area is 247 Å². The maximum Gasteiger partial charge on any atom is 0.326 e. The summed E-state index contributed by atoms with van der Waals surface area (Å²) in [6.07, 6.45) is 3.49. The summed E-state index contributed by atoms with van der Waals surface area (Å²) in [4.78, 5) is 62.0. The summed E-state index contributed by atoms with van der Waals surface area (Å²) >= 11 is 0. The lowest BCUT2D eigenvalue weighted by Crippen LogP contribution is -2.59. The van der Waals surface area contributed by atoms with Crippen molar-refractivity contribution >= 4 is 34.6 Å². The molecule has 2 aromatic carbocycles. The number of nitrogens with one attached hydrogen (secondary N) is 5. The van der Waals surface area contributed by atoms with Gasteiger partial charge >= 0.3 is 5.97 Å². The van der Waals surface area contributed by atoms with E-state index < -0.39 is 54.0 Å². The Morgan fingerprint density at radius 1 is 0.837 bits per heavy atom. The average molecular weight is 590 g/mol. The quantitative estimate of drug-likeness (QED) is 0.101. The van der Waals surface area contributed by atoms with E-state index in [1.54, 1.807) is 36.5 Å². The van der Waals surface area contributed by atoms with E-state index >= 15 is 0 Å². The number of hydrogen-bond acceptors (Lipinski definition) is 7. The van der Waals surface area contributed by atoms with Gasteiger partial charge in [-0.1, -0.05) is 48.5 Å². The number of imidazole rings is 1. The minimum absolute atomic E-state index is 0.0166. The summed E-state index contributed by atoms with van der Waals surface area (Å²) < 4.78 is 0. The molecule has 0 aliphatic carbocycles. The molecule has 9 N–H and O–H groups in total. The largest absolute Gasteiger partial charge is 0.480 e. The van der Waals surface area contributed by atoms with Crippen molar-refractivity contribution in [1.29, 1.82) is 0 Å². The second kappa shape index (κ2) is 14.2. The highest BCUT2D eigenvalue weighted by Gasteiger charge is 2.32. The predicted molar refractivity (Wildman–Crippen MR) is 158 cm³/mol. The molecule has 43 heavy (non-hydrogen) atoms. The Hall–Kier alpha value is -5.01. The van der Waals surface area contributed by atoms with Crippen molar-refractivity contribution in [1.82, 2.24) is 30.9 Å². The number of aliphatic hydroxyl groups is 1. The number of aromatic amines is 2. The zero-order valence-corrected chi connectivity index (χ0v) is 23.5. The van der Waals surface area contributed by atoms with E-state index in [0.29, 0.717) is 11.3 Å². The monoisotopic (exact) mass is 589 g/mol. The van der Waals surface area contributed by atoms with Crippen molar-refractivity contribution in [2.24, 2.45) is 5.73 Å². The third kappa shape index (κ3) is 8.27. The number of nitrogens with two attached hydrogens (primary N) is 1. The first-order chi connectivity index (χ1) is 20.6. The van der Waals surface area contributed by atoms with Gasteiger partial charge in [0.15, 0.2) is 0 Å². The molecular weight excluding hydrogens is 554 g/mol. The highest BCUT2D eigenvalue weighted by molar-refractivity contribution is 5.95. The van der Waals surface area contributed by atoms with Crippen LogP contribution >= 0.6 is 0 Å². The number of amides is 3. The predicted octanol–water partition coefficient (Wildman–Crippen LogP) is 0.166. The van der Waals surface area contributed by atoms with E-state index in [2.05, 4.69) is 30.9 Å². The maximum atomic E-state index is 13.6. The Morgan fingerprint density at radius 3 is 2.12 bits per heavy atom. The number of rotatable bonds is 14. The number of aliphatic hydroxyl groups excluding tert-OH is 1. The smallest absolute Gasteiger partial charge is 0.326 e. The molecule has 0 spiro atoms. The van der Waals surface area contributed by atoms with Crippen LogP contribution in [-0.2, 0) is 38.4 Å². The summed E-state index contributed by atoms with van der Waals surface area (Å²) in [5, 5.41) is 28.3. The molecule has 2 heterocycles. The van der Waals surface area contributed by atoms with Gasteiger partial charge in [-0.25, -0.2) is 9.78 Å². The number of carboxylic acids is 1. The number of hydrogen-bond donors (Lipinski definition) is 8.